The first-order valence-corrected chi connectivity index (χ1v) is 11.3. The summed E-state index contributed by atoms with van der Waals surface area (Å²) < 4.78 is 5.38. The van der Waals surface area contributed by atoms with Crippen LogP contribution in [0.4, 0.5) is 0 Å². The zero-order valence-electron chi connectivity index (χ0n) is 18.3. The van der Waals surface area contributed by atoms with Crippen LogP contribution in [-0.4, -0.2) is 5.97 Å². The zero-order valence-corrected chi connectivity index (χ0v) is 18.3. The largest absolute Gasteiger partial charge is 0.423 e. The van der Waals surface area contributed by atoms with E-state index in [4.69, 9.17) is 4.74 Å². The van der Waals surface area contributed by atoms with Crippen molar-refractivity contribution < 1.29 is 9.53 Å². The van der Waals surface area contributed by atoms with Crippen LogP contribution in [0.25, 0.3) is 0 Å². The molecule has 0 fully saturated rings. The molecule has 33 heavy (non-hydrogen) atoms. The van der Waals surface area contributed by atoms with E-state index in [-0.39, 0.29) is 5.97 Å². The molecule has 160 valence electrons. The van der Waals surface area contributed by atoms with Crippen LogP contribution in [0.2, 0.25) is 0 Å². The summed E-state index contributed by atoms with van der Waals surface area (Å²) in [6.45, 7) is 0. The minimum absolute atomic E-state index is 0.373. The number of carbonyl (C=O) groups excluding carboxylic acids is 1. The van der Waals surface area contributed by atoms with Crippen molar-refractivity contribution >= 4 is 5.97 Å². The molecule has 2 heteroatoms. The van der Waals surface area contributed by atoms with Crippen molar-refractivity contribution in [1.29, 1.82) is 0 Å². The van der Waals surface area contributed by atoms with Crippen molar-refractivity contribution in [3.05, 3.63) is 137 Å². The first-order chi connectivity index (χ1) is 16.2. The lowest BCUT2D eigenvalue weighted by molar-refractivity contribution is 0.0735. The predicted octanol–water partition coefficient (Wildman–Crippen LogP) is 6.58. The third kappa shape index (κ3) is 5.05. The monoisotopic (exact) mass is 428 g/mol. The van der Waals surface area contributed by atoms with Crippen LogP contribution < -0.4 is 4.74 Å². The van der Waals surface area contributed by atoms with Gasteiger partial charge < -0.3 is 4.74 Å². The first-order valence-electron chi connectivity index (χ1n) is 11.3. The topological polar surface area (TPSA) is 26.3 Å². The molecule has 0 radical (unpaired) electrons. The quantitative estimate of drug-likeness (QED) is 0.209. The van der Waals surface area contributed by atoms with Gasteiger partial charge in [0, 0.05) is 11.1 Å². The molecule has 0 saturated heterocycles. The summed E-state index contributed by atoms with van der Waals surface area (Å²) in [6, 6.07) is 33.7. The second-order valence-corrected chi connectivity index (χ2v) is 8.36. The Balaban J connectivity index is 1.22. The molecular formula is C31H24O2. The predicted molar refractivity (Wildman–Crippen MR) is 131 cm³/mol. The maximum absolute atomic E-state index is 12.3. The molecule has 1 atom stereocenters. The van der Waals surface area contributed by atoms with Gasteiger partial charge in [0.05, 0.1) is 5.56 Å². The Morgan fingerprint density at radius 1 is 0.697 bits per heavy atom. The molecule has 5 rings (SSSR count). The summed E-state index contributed by atoms with van der Waals surface area (Å²) in [6.07, 6.45) is 3.46. The molecule has 4 aromatic rings. The van der Waals surface area contributed by atoms with Gasteiger partial charge >= 0.3 is 5.97 Å². The lowest BCUT2D eigenvalue weighted by atomic mass is 9.80. The van der Waals surface area contributed by atoms with Crippen LogP contribution in [0, 0.1) is 11.8 Å². The molecule has 0 aromatic heterocycles. The fourth-order valence-corrected chi connectivity index (χ4v) is 4.31. The van der Waals surface area contributed by atoms with Gasteiger partial charge in [-0.2, -0.15) is 0 Å². The molecule has 0 amide bonds. The average molecular weight is 429 g/mol. The molecule has 4 aromatic carbocycles. The third-order valence-corrected chi connectivity index (χ3v) is 6.15. The minimum atomic E-state index is -0.373. The minimum Gasteiger partial charge on any atom is -0.423 e. The number of fused-ring (bicyclic) bond motifs is 1. The van der Waals surface area contributed by atoms with Crippen molar-refractivity contribution in [3.63, 3.8) is 0 Å². The number of aryl methyl sites for hydroxylation is 1. The first kappa shape index (κ1) is 20.8. The molecule has 0 heterocycles. The van der Waals surface area contributed by atoms with Crippen LogP contribution in [0.1, 0.15) is 50.5 Å². The van der Waals surface area contributed by atoms with E-state index in [1.807, 2.05) is 30.3 Å². The van der Waals surface area contributed by atoms with Crippen molar-refractivity contribution in [2.45, 2.75) is 25.2 Å². The molecular weight excluding hydrogens is 404 g/mol. The fourth-order valence-electron chi connectivity index (χ4n) is 4.31. The lowest BCUT2D eigenvalue weighted by Crippen LogP contribution is -2.12. The second-order valence-electron chi connectivity index (χ2n) is 8.36. The van der Waals surface area contributed by atoms with Crippen LogP contribution in [0.15, 0.2) is 103 Å². The van der Waals surface area contributed by atoms with Crippen molar-refractivity contribution in [3.8, 4) is 17.6 Å². The normalized spacial score (nSPS) is 14.5. The summed E-state index contributed by atoms with van der Waals surface area (Å²) in [5.74, 6) is 7.15. The van der Waals surface area contributed by atoms with E-state index in [0.29, 0.717) is 17.2 Å². The number of hydrogen-bond acceptors (Lipinski definition) is 2. The van der Waals surface area contributed by atoms with Gasteiger partial charge in [-0.3, -0.25) is 0 Å². The highest BCUT2D eigenvalue weighted by atomic mass is 16.5. The van der Waals surface area contributed by atoms with E-state index in [1.54, 1.807) is 24.3 Å². The van der Waals surface area contributed by atoms with Gasteiger partial charge in [-0.15, -0.1) is 0 Å². The van der Waals surface area contributed by atoms with Crippen LogP contribution in [-0.2, 0) is 12.8 Å². The molecule has 0 saturated carbocycles. The van der Waals surface area contributed by atoms with E-state index in [0.717, 1.165) is 24.0 Å². The SMILES string of the molecule is O=C(Oc1ccccc1)c1ccc(C#Cc2ccc(C3CCc4ccccc4C3)cc2)cc1. The number of esters is 1. The van der Waals surface area contributed by atoms with Gasteiger partial charge in [0.15, 0.2) is 0 Å². The van der Waals surface area contributed by atoms with Gasteiger partial charge in [-0.05, 0) is 90.4 Å². The van der Waals surface area contributed by atoms with E-state index in [2.05, 4.69) is 60.4 Å². The summed E-state index contributed by atoms with van der Waals surface area (Å²) >= 11 is 0. The lowest BCUT2D eigenvalue weighted by Gasteiger charge is -2.25. The summed E-state index contributed by atoms with van der Waals surface area (Å²) in [5.41, 5.74) is 6.71. The summed E-state index contributed by atoms with van der Waals surface area (Å²) in [5, 5.41) is 0. The second kappa shape index (κ2) is 9.59. The molecule has 1 aliphatic carbocycles. The Bertz CT molecular complexity index is 1310. The number of hydrogen-bond donors (Lipinski definition) is 0. The Morgan fingerprint density at radius 2 is 1.30 bits per heavy atom. The molecule has 0 spiro atoms. The molecule has 0 aliphatic heterocycles. The van der Waals surface area contributed by atoms with Gasteiger partial charge in [-0.25, -0.2) is 4.79 Å². The molecule has 0 N–H and O–H groups in total. The van der Waals surface area contributed by atoms with E-state index < -0.39 is 0 Å². The van der Waals surface area contributed by atoms with Gasteiger partial charge in [0.1, 0.15) is 5.75 Å². The number of carbonyl (C=O) groups is 1. The maximum atomic E-state index is 12.3. The Morgan fingerprint density at radius 3 is 2.00 bits per heavy atom. The Labute approximate surface area is 194 Å². The van der Waals surface area contributed by atoms with E-state index >= 15 is 0 Å². The Kier molecular flexibility index (Phi) is 6.04. The standard InChI is InChI=1S/C31H24O2/c32-31(33-30-8-2-1-3-9-30)27-18-14-24(15-19-27)11-10-23-12-16-26(17-13-23)29-21-20-25-6-4-5-7-28(25)22-29/h1-9,12-19,29H,20-22H2. The van der Waals surface area contributed by atoms with Gasteiger partial charge in [0.2, 0.25) is 0 Å². The molecule has 0 bridgehead atoms. The maximum Gasteiger partial charge on any atom is 0.343 e. The zero-order chi connectivity index (χ0) is 22.5. The highest BCUT2D eigenvalue weighted by molar-refractivity contribution is 5.91. The highest BCUT2D eigenvalue weighted by Gasteiger charge is 2.19. The van der Waals surface area contributed by atoms with Crippen molar-refractivity contribution in [2.75, 3.05) is 0 Å². The summed E-state index contributed by atoms with van der Waals surface area (Å²) in [7, 11) is 0. The number of benzene rings is 4. The molecule has 1 aliphatic rings. The number of ether oxygens (including phenoxy) is 1. The van der Waals surface area contributed by atoms with E-state index in [9.17, 15) is 4.79 Å². The van der Waals surface area contributed by atoms with Crippen LogP contribution in [0.3, 0.4) is 0 Å². The average Bonchev–Trinajstić information content (AvgIpc) is 2.88. The smallest absolute Gasteiger partial charge is 0.343 e. The van der Waals surface area contributed by atoms with E-state index in [1.165, 1.54) is 23.1 Å². The van der Waals surface area contributed by atoms with Crippen LogP contribution in [0.5, 0.6) is 5.75 Å². The molecule has 1 unspecified atom stereocenters. The Hall–Kier alpha value is -4.09. The van der Waals surface area contributed by atoms with Crippen LogP contribution >= 0.6 is 0 Å². The van der Waals surface area contributed by atoms with Gasteiger partial charge in [-0.1, -0.05) is 66.4 Å². The third-order valence-electron chi connectivity index (χ3n) is 6.15. The van der Waals surface area contributed by atoms with Gasteiger partial charge in [0.25, 0.3) is 0 Å². The molecule has 2 nitrogen and oxygen atoms in total. The van der Waals surface area contributed by atoms with Crippen molar-refractivity contribution in [1.82, 2.24) is 0 Å². The number of para-hydroxylation sites is 1. The number of rotatable bonds is 3. The van der Waals surface area contributed by atoms with Crippen molar-refractivity contribution in [2.24, 2.45) is 0 Å². The summed E-state index contributed by atoms with van der Waals surface area (Å²) in [4.78, 5) is 12.3. The fraction of sp³-hybridized carbons (Fsp3) is 0.129. The highest BCUT2D eigenvalue weighted by Crippen LogP contribution is 2.32.